The summed E-state index contributed by atoms with van der Waals surface area (Å²) in [6.45, 7) is 4.33. The van der Waals surface area contributed by atoms with E-state index in [1.165, 1.54) is 48.9 Å². The molecule has 20 heavy (non-hydrogen) atoms. The lowest BCUT2D eigenvalue weighted by atomic mass is 9.96. The molecule has 3 nitrogen and oxygen atoms in total. The Morgan fingerprint density at radius 2 is 1.95 bits per heavy atom. The van der Waals surface area contributed by atoms with Crippen LogP contribution in [0.1, 0.15) is 43.2 Å². The molecule has 0 spiro atoms. The molecular formula is C17H23N3. The SMILES string of the molecule is Cc1cccc(-n2ccnc2NC2CCCCC2)c1C. The molecule has 0 atom stereocenters. The van der Waals surface area contributed by atoms with Crippen LogP contribution >= 0.6 is 0 Å². The number of hydrogen-bond acceptors (Lipinski definition) is 2. The Balaban J connectivity index is 1.87. The highest BCUT2D eigenvalue weighted by Crippen LogP contribution is 2.24. The molecule has 2 aromatic rings. The molecule has 3 rings (SSSR count). The minimum absolute atomic E-state index is 0.579. The molecule has 0 radical (unpaired) electrons. The van der Waals surface area contributed by atoms with Crippen LogP contribution in [0.25, 0.3) is 5.69 Å². The largest absolute Gasteiger partial charge is 0.353 e. The highest BCUT2D eigenvalue weighted by atomic mass is 15.2. The van der Waals surface area contributed by atoms with E-state index in [9.17, 15) is 0 Å². The van der Waals surface area contributed by atoms with E-state index in [0.29, 0.717) is 6.04 Å². The molecule has 0 amide bonds. The van der Waals surface area contributed by atoms with Gasteiger partial charge in [-0.1, -0.05) is 31.4 Å². The van der Waals surface area contributed by atoms with Crippen LogP contribution in [-0.2, 0) is 0 Å². The third kappa shape index (κ3) is 2.58. The third-order valence-corrected chi connectivity index (χ3v) is 4.41. The summed E-state index contributed by atoms with van der Waals surface area (Å²) in [4.78, 5) is 4.51. The third-order valence-electron chi connectivity index (χ3n) is 4.41. The highest BCUT2D eigenvalue weighted by molar-refractivity contribution is 5.49. The molecule has 1 aliphatic rings. The molecule has 1 aliphatic carbocycles. The molecule has 1 fully saturated rings. The molecule has 0 saturated heterocycles. The highest BCUT2D eigenvalue weighted by Gasteiger charge is 2.16. The average Bonchev–Trinajstić information content (AvgIpc) is 2.91. The van der Waals surface area contributed by atoms with Crippen molar-refractivity contribution in [3.05, 3.63) is 41.7 Å². The van der Waals surface area contributed by atoms with E-state index in [4.69, 9.17) is 0 Å². The zero-order valence-electron chi connectivity index (χ0n) is 12.4. The summed E-state index contributed by atoms with van der Waals surface area (Å²) < 4.78 is 2.18. The fourth-order valence-corrected chi connectivity index (χ4v) is 3.03. The van der Waals surface area contributed by atoms with Gasteiger partial charge >= 0.3 is 0 Å². The molecule has 0 bridgehead atoms. The molecule has 1 saturated carbocycles. The molecule has 0 aliphatic heterocycles. The van der Waals surface area contributed by atoms with E-state index in [1.54, 1.807) is 0 Å². The smallest absolute Gasteiger partial charge is 0.207 e. The van der Waals surface area contributed by atoms with Crippen LogP contribution in [0.4, 0.5) is 5.95 Å². The predicted molar refractivity (Wildman–Crippen MR) is 83.5 cm³/mol. The second kappa shape index (κ2) is 5.70. The van der Waals surface area contributed by atoms with Gasteiger partial charge in [-0.15, -0.1) is 0 Å². The van der Waals surface area contributed by atoms with Gasteiger partial charge in [0.2, 0.25) is 5.95 Å². The van der Waals surface area contributed by atoms with Crippen molar-refractivity contribution in [3.8, 4) is 5.69 Å². The second-order valence-electron chi connectivity index (χ2n) is 5.82. The van der Waals surface area contributed by atoms with E-state index >= 15 is 0 Å². The molecule has 0 unspecified atom stereocenters. The maximum atomic E-state index is 4.51. The molecule has 1 heterocycles. The fourth-order valence-electron chi connectivity index (χ4n) is 3.03. The molecule has 3 heteroatoms. The minimum atomic E-state index is 0.579. The zero-order chi connectivity index (χ0) is 13.9. The maximum absolute atomic E-state index is 4.51. The van der Waals surface area contributed by atoms with Crippen LogP contribution in [-0.4, -0.2) is 15.6 Å². The number of hydrogen-bond donors (Lipinski definition) is 1. The van der Waals surface area contributed by atoms with Crippen molar-refractivity contribution < 1.29 is 0 Å². The normalized spacial score (nSPS) is 16.3. The number of nitrogens with zero attached hydrogens (tertiary/aromatic N) is 2. The van der Waals surface area contributed by atoms with Gasteiger partial charge in [-0.05, 0) is 43.9 Å². The van der Waals surface area contributed by atoms with E-state index in [2.05, 4.69) is 46.9 Å². The van der Waals surface area contributed by atoms with Crippen molar-refractivity contribution >= 4 is 5.95 Å². The Morgan fingerprint density at radius 1 is 1.15 bits per heavy atom. The first-order valence-electron chi connectivity index (χ1n) is 7.62. The number of benzene rings is 1. The quantitative estimate of drug-likeness (QED) is 0.903. The first-order chi connectivity index (χ1) is 9.75. The summed E-state index contributed by atoms with van der Waals surface area (Å²) >= 11 is 0. The summed E-state index contributed by atoms with van der Waals surface area (Å²) in [7, 11) is 0. The number of rotatable bonds is 3. The van der Waals surface area contributed by atoms with E-state index < -0.39 is 0 Å². The van der Waals surface area contributed by atoms with E-state index in [0.717, 1.165) is 5.95 Å². The van der Waals surface area contributed by atoms with E-state index in [1.807, 2.05) is 12.4 Å². The van der Waals surface area contributed by atoms with Crippen molar-refractivity contribution in [2.45, 2.75) is 52.0 Å². The molecule has 106 valence electrons. The minimum Gasteiger partial charge on any atom is -0.353 e. The molecule has 1 aromatic heterocycles. The van der Waals surface area contributed by atoms with Crippen LogP contribution < -0.4 is 5.32 Å². The van der Waals surface area contributed by atoms with Crippen molar-refractivity contribution in [1.29, 1.82) is 0 Å². The Kier molecular flexibility index (Phi) is 3.77. The van der Waals surface area contributed by atoms with Gasteiger partial charge in [-0.3, -0.25) is 4.57 Å². The number of aromatic nitrogens is 2. The van der Waals surface area contributed by atoms with Crippen LogP contribution in [0.2, 0.25) is 0 Å². The predicted octanol–water partition coefficient (Wildman–Crippen LogP) is 4.23. The van der Waals surface area contributed by atoms with Crippen molar-refractivity contribution in [1.82, 2.24) is 9.55 Å². The first kappa shape index (κ1) is 13.2. The number of aryl methyl sites for hydroxylation is 1. The Morgan fingerprint density at radius 3 is 2.75 bits per heavy atom. The van der Waals surface area contributed by atoms with Crippen LogP contribution in [0, 0.1) is 13.8 Å². The lowest BCUT2D eigenvalue weighted by Gasteiger charge is -2.24. The summed E-state index contributed by atoms with van der Waals surface area (Å²) in [5.41, 5.74) is 3.86. The van der Waals surface area contributed by atoms with Crippen molar-refractivity contribution in [3.63, 3.8) is 0 Å². The summed E-state index contributed by atoms with van der Waals surface area (Å²) in [5.74, 6) is 0.977. The molecule has 1 N–H and O–H groups in total. The van der Waals surface area contributed by atoms with Crippen LogP contribution in [0.15, 0.2) is 30.6 Å². The van der Waals surface area contributed by atoms with Gasteiger partial charge in [0.15, 0.2) is 0 Å². The van der Waals surface area contributed by atoms with E-state index in [-0.39, 0.29) is 0 Å². The van der Waals surface area contributed by atoms with Crippen molar-refractivity contribution in [2.24, 2.45) is 0 Å². The molecular weight excluding hydrogens is 246 g/mol. The number of anilines is 1. The van der Waals surface area contributed by atoms with Crippen LogP contribution in [0.3, 0.4) is 0 Å². The Hall–Kier alpha value is -1.77. The lowest BCUT2D eigenvalue weighted by molar-refractivity contribution is 0.460. The standard InChI is InChI=1S/C17H23N3/c1-13-7-6-10-16(14(13)2)20-12-11-18-17(20)19-15-8-4-3-5-9-15/h6-7,10-12,15H,3-5,8-9H2,1-2H3,(H,18,19). The van der Waals surface area contributed by atoms with Gasteiger partial charge < -0.3 is 5.32 Å². The van der Waals surface area contributed by atoms with Gasteiger partial charge in [0.25, 0.3) is 0 Å². The summed E-state index contributed by atoms with van der Waals surface area (Å²) in [5, 5.41) is 3.63. The number of nitrogens with one attached hydrogen (secondary N) is 1. The van der Waals surface area contributed by atoms with Gasteiger partial charge in [0.05, 0.1) is 5.69 Å². The summed E-state index contributed by atoms with van der Waals surface area (Å²) in [6, 6.07) is 7.01. The fraction of sp³-hybridized carbons (Fsp3) is 0.471. The Bertz CT molecular complexity index is 580. The first-order valence-corrected chi connectivity index (χ1v) is 7.62. The van der Waals surface area contributed by atoms with Crippen molar-refractivity contribution in [2.75, 3.05) is 5.32 Å². The van der Waals surface area contributed by atoms with Gasteiger partial charge in [-0.25, -0.2) is 4.98 Å². The lowest BCUT2D eigenvalue weighted by Crippen LogP contribution is -2.24. The van der Waals surface area contributed by atoms with Gasteiger partial charge in [0.1, 0.15) is 0 Å². The summed E-state index contributed by atoms with van der Waals surface area (Å²) in [6.07, 6.45) is 10.5. The maximum Gasteiger partial charge on any atom is 0.207 e. The zero-order valence-corrected chi connectivity index (χ0v) is 12.4. The number of imidazole rings is 1. The average molecular weight is 269 g/mol. The van der Waals surface area contributed by atoms with Gasteiger partial charge in [0, 0.05) is 18.4 Å². The monoisotopic (exact) mass is 269 g/mol. The molecule has 1 aromatic carbocycles. The van der Waals surface area contributed by atoms with Gasteiger partial charge in [-0.2, -0.15) is 0 Å². The topological polar surface area (TPSA) is 29.9 Å². The Labute approximate surface area is 121 Å². The second-order valence-corrected chi connectivity index (χ2v) is 5.82. The van der Waals surface area contributed by atoms with Crippen LogP contribution in [0.5, 0.6) is 0 Å².